The Morgan fingerprint density at radius 3 is 2.30 bits per heavy atom. The van der Waals surface area contributed by atoms with E-state index in [4.69, 9.17) is 21.1 Å². The van der Waals surface area contributed by atoms with E-state index < -0.39 is 17.8 Å². The van der Waals surface area contributed by atoms with E-state index in [9.17, 15) is 19.2 Å². The number of methoxy groups -OCH3 is 1. The number of ether oxygens (including phenoxy) is 2. The number of carbonyl (C=O) groups excluding carboxylic acids is 4. The minimum absolute atomic E-state index is 0.00960. The number of hydrogen-bond donors (Lipinski definition) is 2. The smallest absolute Gasteiger partial charge is 0.306 e. The number of amides is 2. The summed E-state index contributed by atoms with van der Waals surface area (Å²) in [7, 11) is 1.52. The van der Waals surface area contributed by atoms with Gasteiger partial charge in [-0.05, 0) is 42.8 Å². The number of hydrazine groups is 1. The number of rotatable bonds is 9. The van der Waals surface area contributed by atoms with Gasteiger partial charge in [-0.2, -0.15) is 0 Å². The average Bonchev–Trinajstić information content (AvgIpc) is 2.76. The summed E-state index contributed by atoms with van der Waals surface area (Å²) in [5.74, 6) is -1.34. The molecule has 0 atom stereocenters. The third-order valence-corrected chi connectivity index (χ3v) is 4.32. The van der Waals surface area contributed by atoms with E-state index >= 15 is 0 Å². The minimum Gasteiger partial charge on any atom is -0.497 e. The van der Waals surface area contributed by atoms with Gasteiger partial charge in [-0.15, -0.1) is 0 Å². The first-order valence-electron chi connectivity index (χ1n) is 9.07. The molecule has 0 radical (unpaired) electrons. The maximum Gasteiger partial charge on any atom is 0.306 e. The maximum atomic E-state index is 12.0. The number of halogens is 1. The Kier molecular flexibility index (Phi) is 8.83. The highest BCUT2D eigenvalue weighted by Crippen LogP contribution is 2.14. The monoisotopic (exact) mass is 432 g/mol. The lowest BCUT2D eigenvalue weighted by Crippen LogP contribution is -2.41. The lowest BCUT2D eigenvalue weighted by Gasteiger charge is -2.08. The predicted molar refractivity (Wildman–Crippen MR) is 109 cm³/mol. The normalized spacial score (nSPS) is 10.1. The summed E-state index contributed by atoms with van der Waals surface area (Å²) in [6, 6.07) is 12.8. The standard InChI is InChI=1S/C21H21ClN2O6/c1-29-15-11-9-14(10-12-15)18(25)13-30-20(27)8-4-7-19(26)23-24-21(28)16-5-2-3-6-17(16)22/h2-3,5-6,9-12H,4,7-8,13H2,1H3,(H,23,26)(H,24,28). The fraction of sp³-hybridized carbons (Fsp3) is 0.238. The van der Waals surface area contributed by atoms with Gasteiger partial charge >= 0.3 is 5.97 Å². The van der Waals surface area contributed by atoms with Gasteiger partial charge in [0.2, 0.25) is 5.91 Å². The molecule has 2 rings (SSSR count). The van der Waals surface area contributed by atoms with Gasteiger partial charge in [-0.25, -0.2) is 0 Å². The van der Waals surface area contributed by atoms with Gasteiger partial charge in [0.05, 0.1) is 17.7 Å². The number of ketones is 1. The van der Waals surface area contributed by atoms with E-state index in [0.29, 0.717) is 11.3 Å². The van der Waals surface area contributed by atoms with Gasteiger partial charge in [0.25, 0.3) is 5.91 Å². The molecule has 2 N–H and O–H groups in total. The van der Waals surface area contributed by atoms with E-state index in [2.05, 4.69) is 10.9 Å². The van der Waals surface area contributed by atoms with Crippen molar-refractivity contribution >= 4 is 35.2 Å². The van der Waals surface area contributed by atoms with Gasteiger partial charge < -0.3 is 9.47 Å². The van der Waals surface area contributed by atoms with Gasteiger partial charge in [0.1, 0.15) is 5.75 Å². The summed E-state index contributed by atoms with van der Waals surface area (Å²) in [5.41, 5.74) is 5.13. The predicted octanol–water partition coefficient (Wildman–Crippen LogP) is 2.71. The zero-order valence-electron chi connectivity index (χ0n) is 16.3. The van der Waals surface area contributed by atoms with Crippen molar-refractivity contribution in [2.24, 2.45) is 0 Å². The average molecular weight is 433 g/mol. The Morgan fingerprint density at radius 2 is 1.63 bits per heavy atom. The molecular weight excluding hydrogens is 412 g/mol. The summed E-state index contributed by atoms with van der Waals surface area (Å²) in [4.78, 5) is 47.4. The Hall–Kier alpha value is -3.39. The first-order chi connectivity index (χ1) is 14.4. The lowest BCUT2D eigenvalue weighted by atomic mass is 10.1. The Balaban J connectivity index is 1.63. The van der Waals surface area contributed by atoms with Crippen LogP contribution in [-0.2, 0) is 14.3 Å². The number of carbonyl (C=O) groups is 4. The summed E-state index contributed by atoms with van der Waals surface area (Å²) >= 11 is 5.90. The molecule has 0 saturated carbocycles. The lowest BCUT2D eigenvalue weighted by molar-refractivity contribution is -0.142. The van der Waals surface area contributed by atoms with Crippen LogP contribution in [0.25, 0.3) is 0 Å². The SMILES string of the molecule is COc1ccc(C(=O)COC(=O)CCCC(=O)NNC(=O)c2ccccc2Cl)cc1. The molecule has 0 aliphatic carbocycles. The van der Waals surface area contributed by atoms with Crippen LogP contribution in [0.3, 0.4) is 0 Å². The quantitative estimate of drug-likeness (QED) is 0.358. The molecule has 8 nitrogen and oxygen atoms in total. The summed E-state index contributed by atoms with van der Waals surface area (Å²) < 4.78 is 9.94. The summed E-state index contributed by atoms with van der Waals surface area (Å²) in [5, 5.41) is 0.260. The largest absolute Gasteiger partial charge is 0.497 e. The van der Waals surface area contributed by atoms with Crippen LogP contribution in [0.5, 0.6) is 5.75 Å². The molecule has 0 aliphatic rings. The second-order valence-electron chi connectivity index (χ2n) is 6.15. The van der Waals surface area contributed by atoms with Crippen molar-refractivity contribution in [3.63, 3.8) is 0 Å². The van der Waals surface area contributed by atoms with Crippen LogP contribution in [0.1, 0.15) is 40.0 Å². The molecule has 0 aromatic heterocycles. The highest BCUT2D eigenvalue weighted by Gasteiger charge is 2.13. The Morgan fingerprint density at radius 1 is 0.933 bits per heavy atom. The Labute approximate surface area is 178 Å². The molecule has 0 bridgehead atoms. The van der Waals surface area contributed by atoms with Crippen molar-refractivity contribution in [1.29, 1.82) is 0 Å². The zero-order chi connectivity index (χ0) is 21.9. The number of nitrogens with one attached hydrogen (secondary N) is 2. The zero-order valence-corrected chi connectivity index (χ0v) is 17.0. The number of esters is 1. The highest BCUT2D eigenvalue weighted by molar-refractivity contribution is 6.33. The van der Waals surface area contributed by atoms with Gasteiger partial charge in [0.15, 0.2) is 12.4 Å². The van der Waals surface area contributed by atoms with Crippen LogP contribution in [0.2, 0.25) is 5.02 Å². The van der Waals surface area contributed by atoms with Crippen molar-refractivity contribution in [2.45, 2.75) is 19.3 Å². The number of benzene rings is 2. The topological polar surface area (TPSA) is 111 Å². The van der Waals surface area contributed by atoms with Crippen molar-refractivity contribution < 1.29 is 28.7 Å². The van der Waals surface area contributed by atoms with E-state index in [-0.39, 0.29) is 42.2 Å². The van der Waals surface area contributed by atoms with Crippen LogP contribution >= 0.6 is 11.6 Å². The Bertz CT molecular complexity index is 914. The van der Waals surface area contributed by atoms with Gasteiger partial charge in [-0.1, -0.05) is 23.7 Å². The van der Waals surface area contributed by atoms with Gasteiger partial charge in [0, 0.05) is 18.4 Å². The first-order valence-corrected chi connectivity index (χ1v) is 9.45. The molecule has 0 unspecified atom stereocenters. The molecule has 2 amide bonds. The molecule has 30 heavy (non-hydrogen) atoms. The number of hydrogen-bond acceptors (Lipinski definition) is 6. The van der Waals surface area contributed by atoms with Crippen LogP contribution in [0.4, 0.5) is 0 Å². The van der Waals surface area contributed by atoms with E-state index in [1.54, 1.807) is 42.5 Å². The summed E-state index contributed by atoms with van der Waals surface area (Å²) in [6.45, 7) is -0.384. The van der Waals surface area contributed by atoms with Gasteiger partial charge in [-0.3, -0.25) is 30.0 Å². The summed E-state index contributed by atoms with van der Waals surface area (Å²) in [6.07, 6.45) is 0.148. The maximum absolute atomic E-state index is 12.0. The molecule has 2 aromatic rings. The molecule has 9 heteroatoms. The third-order valence-electron chi connectivity index (χ3n) is 3.99. The second-order valence-corrected chi connectivity index (χ2v) is 6.56. The molecule has 0 fully saturated rings. The molecule has 0 saturated heterocycles. The van der Waals surface area contributed by atoms with Crippen molar-refractivity contribution in [2.75, 3.05) is 13.7 Å². The molecule has 158 valence electrons. The fourth-order valence-corrected chi connectivity index (χ4v) is 2.59. The molecular formula is C21H21ClN2O6. The molecule has 0 heterocycles. The van der Waals surface area contributed by atoms with Crippen LogP contribution < -0.4 is 15.6 Å². The first kappa shape index (κ1) is 22.9. The molecule has 2 aromatic carbocycles. The van der Waals surface area contributed by atoms with Crippen LogP contribution in [0.15, 0.2) is 48.5 Å². The van der Waals surface area contributed by atoms with Crippen molar-refractivity contribution in [1.82, 2.24) is 10.9 Å². The van der Waals surface area contributed by atoms with E-state index in [0.717, 1.165) is 0 Å². The van der Waals surface area contributed by atoms with Crippen molar-refractivity contribution in [3.8, 4) is 5.75 Å². The molecule has 0 aliphatic heterocycles. The number of Topliss-reactive ketones (excluding diaryl/α,β-unsaturated/α-hetero) is 1. The van der Waals surface area contributed by atoms with E-state index in [1.807, 2.05) is 0 Å². The second kappa shape index (κ2) is 11.6. The highest BCUT2D eigenvalue weighted by atomic mass is 35.5. The minimum atomic E-state index is -0.593. The molecule has 0 spiro atoms. The van der Waals surface area contributed by atoms with Crippen molar-refractivity contribution in [3.05, 3.63) is 64.7 Å². The third kappa shape index (κ3) is 7.21. The van der Waals surface area contributed by atoms with Crippen LogP contribution in [0, 0.1) is 0 Å². The van der Waals surface area contributed by atoms with E-state index in [1.165, 1.54) is 13.2 Å². The fourth-order valence-electron chi connectivity index (χ4n) is 2.37. The van der Waals surface area contributed by atoms with Crippen LogP contribution in [-0.4, -0.2) is 37.3 Å².